The zero-order valence-electron chi connectivity index (χ0n) is 13.1. The van der Waals surface area contributed by atoms with Crippen LogP contribution in [-0.4, -0.2) is 36.7 Å². The summed E-state index contributed by atoms with van der Waals surface area (Å²) in [7, 11) is 4.29. The fraction of sp³-hybridized carbons (Fsp3) is 0.471. The number of benzene rings is 1. The minimum absolute atomic E-state index is 0.190. The maximum atomic E-state index is 12.0. The summed E-state index contributed by atoms with van der Waals surface area (Å²) >= 11 is 1.30. The Morgan fingerprint density at radius 2 is 2.23 bits per heavy atom. The minimum atomic E-state index is -0.190. The minimum Gasteiger partial charge on any atom is -0.418 e. The molecule has 1 aromatic carbocycles. The molecule has 0 unspecified atom stereocenters. The maximum absolute atomic E-state index is 12.0. The first-order chi connectivity index (χ1) is 10.6. The third-order valence-electron chi connectivity index (χ3n) is 3.97. The Morgan fingerprint density at radius 3 is 2.95 bits per heavy atom. The standard InChI is InChI=1S/C17H22N2O2S/c1-19(2)9-8-13-10-18-14-4-3-5-15(16(13)14)21-17(20)22-11-12-6-7-12/h3-5,10,12,18H,6-9,11H2,1-2H3/p+1. The Balaban J connectivity index is 1.75. The third kappa shape index (κ3) is 3.84. The zero-order chi connectivity index (χ0) is 15.5. The second-order valence-electron chi connectivity index (χ2n) is 6.31. The molecule has 2 N–H and O–H groups in total. The van der Waals surface area contributed by atoms with Crippen LogP contribution in [0.15, 0.2) is 24.4 Å². The topological polar surface area (TPSA) is 46.5 Å². The molecule has 5 heteroatoms. The van der Waals surface area contributed by atoms with Crippen molar-refractivity contribution in [3.63, 3.8) is 0 Å². The normalized spacial score (nSPS) is 14.7. The molecule has 22 heavy (non-hydrogen) atoms. The quantitative estimate of drug-likeness (QED) is 0.804. The Bertz CT molecular complexity index is 662. The monoisotopic (exact) mass is 319 g/mol. The predicted octanol–water partition coefficient (Wildman–Crippen LogP) is 2.50. The molecule has 3 rings (SSSR count). The lowest BCUT2D eigenvalue weighted by Gasteiger charge is -2.09. The molecule has 4 nitrogen and oxygen atoms in total. The molecule has 1 saturated carbocycles. The third-order valence-corrected chi connectivity index (χ3v) is 4.93. The smallest absolute Gasteiger partial charge is 0.372 e. The van der Waals surface area contributed by atoms with Gasteiger partial charge in [-0.3, -0.25) is 0 Å². The number of likely N-dealkylation sites (N-methyl/N-ethyl adjacent to an activating group) is 1. The molecular weight excluding hydrogens is 296 g/mol. The summed E-state index contributed by atoms with van der Waals surface area (Å²) in [4.78, 5) is 16.7. The lowest BCUT2D eigenvalue weighted by molar-refractivity contribution is -0.858. The number of rotatable bonds is 6. The van der Waals surface area contributed by atoms with Gasteiger partial charge in [0.25, 0.3) is 0 Å². The number of hydrogen-bond donors (Lipinski definition) is 2. The highest BCUT2D eigenvalue weighted by atomic mass is 32.2. The van der Waals surface area contributed by atoms with Crippen LogP contribution in [-0.2, 0) is 6.42 Å². The fourth-order valence-corrected chi connectivity index (χ4v) is 3.33. The van der Waals surface area contributed by atoms with Crippen LogP contribution in [0.2, 0.25) is 0 Å². The van der Waals surface area contributed by atoms with E-state index in [2.05, 4.69) is 19.1 Å². The Labute approximate surface area is 135 Å². The lowest BCUT2D eigenvalue weighted by Crippen LogP contribution is -3.05. The fourth-order valence-electron chi connectivity index (χ4n) is 2.48. The van der Waals surface area contributed by atoms with Crippen molar-refractivity contribution in [2.45, 2.75) is 19.3 Å². The van der Waals surface area contributed by atoms with Crippen LogP contribution in [0, 0.1) is 5.92 Å². The van der Waals surface area contributed by atoms with Gasteiger partial charge in [0.05, 0.1) is 20.6 Å². The van der Waals surface area contributed by atoms with E-state index >= 15 is 0 Å². The van der Waals surface area contributed by atoms with Crippen LogP contribution in [0.4, 0.5) is 4.79 Å². The van der Waals surface area contributed by atoms with Crippen molar-refractivity contribution < 1.29 is 14.4 Å². The van der Waals surface area contributed by atoms with Crippen molar-refractivity contribution in [3.8, 4) is 5.75 Å². The van der Waals surface area contributed by atoms with E-state index in [1.807, 2.05) is 24.4 Å². The highest BCUT2D eigenvalue weighted by Crippen LogP contribution is 2.34. The SMILES string of the molecule is C[NH+](C)CCc1c[nH]c2cccc(OC(=O)SCC3CC3)c12. The van der Waals surface area contributed by atoms with Crippen LogP contribution in [0.25, 0.3) is 10.9 Å². The summed E-state index contributed by atoms with van der Waals surface area (Å²) in [5, 5.41) is 0.855. The number of aromatic nitrogens is 1. The molecule has 0 aliphatic heterocycles. The number of carbonyl (C=O) groups is 1. The van der Waals surface area contributed by atoms with Gasteiger partial charge in [-0.2, -0.15) is 0 Å². The van der Waals surface area contributed by atoms with Gasteiger partial charge in [0.15, 0.2) is 0 Å². The van der Waals surface area contributed by atoms with Crippen molar-refractivity contribution in [2.75, 3.05) is 26.4 Å². The molecule has 0 spiro atoms. The molecule has 2 aromatic rings. The van der Waals surface area contributed by atoms with Crippen LogP contribution < -0.4 is 9.64 Å². The van der Waals surface area contributed by atoms with Gasteiger partial charge >= 0.3 is 5.30 Å². The van der Waals surface area contributed by atoms with Gasteiger partial charge in [0.1, 0.15) is 5.75 Å². The number of hydrogen-bond acceptors (Lipinski definition) is 3. The highest BCUT2D eigenvalue weighted by Gasteiger charge is 2.23. The van der Waals surface area contributed by atoms with Gasteiger partial charge in [-0.05, 0) is 48.2 Å². The number of H-pyrrole nitrogens is 1. The number of ether oxygens (including phenoxy) is 1. The van der Waals surface area contributed by atoms with E-state index in [9.17, 15) is 4.79 Å². The maximum Gasteiger partial charge on any atom is 0.372 e. The first-order valence-corrected chi connectivity index (χ1v) is 8.84. The first-order valence-electron chi connectivity index (χ1n) is 7.86. The molecule has 0 saturated heterocycles. The van der Waals surface area contributed by atoms with Crippen LogP contribution in [0.3, 0.4) is 0 Å². The average Bonchev–Trinajstić information content (AvgIpc) is 3.22. The summed E-state index contributed by atoms with van der Waals surface area (Å²) in [6, 6.07) is 5.84. The van der Waals surface area contributed by atoms with Gasteiger partial charge in [-0.15, -0.1) is 0 Å². The van der Waals surface area contributed by atoms with Crippen molar-refractivity contribution >= 4 is 28.0 Å². The van der Waals surface area contributed by atoms with E-state index in [4.69, 9.17) is 4.74 Å². The Morgan fingerprint density at radius 1 is 1.41 bits per heavy atom. The molecule has 0 atom stereocenters. The van der Waals surface area contributed by atoms with Crippen molar-refractivity contribution in [1.29, 1.82) is 0 Å². The largest absolute Gasteiger partial charge is 0.418 e. The van der Waals surface area contributed by atoms with E-state index in [0.29, 0.717) is 5.75 Å². The second kappa shape index (κ2) is 6.75. The molecule has 1 heterocycles. The van der Waals surface area contributed by atoms with E-state index in [0.717, 1.165) is 35.5 Å². The molecule has 1 aliphatic rings. The second-order valence-corrected chi connectivity index (χ2v) is 7.26. The molecule has 0 bridgehead atoms. The molecule has 1 aliphatic carbocycles. The number of carbonyl (C=O) groups excluding carboxylic acids is 1. The summed E-state index contributed by atoms with van der Waals surface area (Å²) in [6.45, 7) is 1.05. The van der Waals surface area contributed by atoms with Crippen LogP contribution >= 0.6 is 11.8 Å². The zero-order valence-corrected chi connectivity index (χ0v) is 14.0. The average molecular weight is 319 g/mol. The molecule has 1 aromatic heterocycles. The molecule has 1 fully saturated rings. The molecule has 0 radical (unpaired) electrons. The van der Waals surface area contributed by atoms with Crippen LogP contribution in [0.5, 0.6) is 5.75 Å². The Hall–Kier alpha value is -1.46. The van der Waals surface area contributed by atoms with Gasteiger partial charge in [0.2, 0.25) is 0 Å². The summed E-state index contributed by atoms with van der Waals surface area (Å²) in [6.07, 6.45) is 5.50. The lowest BCUT2D eigenvalue weighted by atomic mass is 10.1. The predicted molar refractivity (Wildman–Crippen MR) is 90.9 cm³/mol. The van der Waals surface area contributed by atoms with Crippen molar-refractivity contribution in [1.82, 2.24) is 4.98 Å². The number of quaternary nitrogens is 1. The molecular formula is C17H23N2O2S+. The van der Waals surface area contributed by atoms with Crippen LogP contribution in [0.1, 0.15) is 18.4 Å². The first kappa shape index (κ1) is 15.4. The Kier molecular flexibility index (Phi) is 4.74. The number of thioether (sulfide) groups is 1. The number of fused-ring (bicyclic) bond motifs is 1. The van der Waals surface area contributed by atoms with E-state index < -0.39 is 0 Å². The highest BCUT2D eigenvalue weighted by molar-refractivity contribution is 8.13. The molecule has 118 valence electrons. The summed E-state index contributed by atoms with van der Waals surface area (Å²) in [5.74, 6) is 2.29. The van der Waals surface area contributed by atoms with Gasteiger partial charge in [-0.25, -0.2) is 4.79 Å². The van der Waals surface area contributed by atoms with E-state index in [1.165, 1.54) is 35.1 Å². The van der Waals surface area contributed by atoms with E-state index in [-0.39, 0.29) is 5.30 Å². The van der Waals surface area contributed by atoms with Gasteiger partial charge in [-0.1, -0.05) is 6.07 Å². The number of nitrogens with one attached hydrogen (secondary N) is 2. The summed E-state index contributed by atoms with van der Waals surface area (Å²) in [5.41, 5.74) is 2.24. The van der Waals surface area contributed by atoms with Crippen molar-refractivity contribution in [2.24, 2.45) is 5.92 Å². The van der Waals surface area contributed by atoms with Gasteiger partial charge in [0, 0.05) is 29.3 Å². The number of aromatic amines is 1. The van der Waals surface area contributed by atoms with Gasteiger partial charge < -0.3 is 14.6 Å². The van der Waals surface area contributed by atoms with Crippen molar-refractivity contribution in [3.05, 3.63) is 30.0 Å². The summed E-state index contributed by atoms with van der Waals surface area (Å²) < 4.78 is 5.61. The molecule has 0 amide bonds. The van der Waals surface area contributed by atoms with E-state index in [1.54, 1.807) is 0 Å².